The molecule has 204 valence electrons. The van der Waals surface area contributed by atoms with Crippen LogP contribution in [-0.4, -0.2) is 60.1 Å². The molecule has 5 N–H and O–H groups in total. The SMILES string of the molecule is Cc1ccc(C(C)Nc2nc(C)c(-c3nc4c(C5CC5)nccc4s3)c(NC3CC(CO)C(O)C3O)n2)cc1. The van der Waals surface area contributed by atoms with Crippen LogP contribution < -0.4 is 10.6 Å². The first-order chi connectivity index (χ1) is 18.8. The third kappa shape index (κ3) is 5.09. The highest BCUT2D eigenvalue weighted by Gasteiger charge is 2.41. The molecule has 0 aliphatic heterocycles. The van der Waals surface area contributed by atoms with Gasteiger partial charge in [0.2, 0.25) is 5.95 Å². The molecule has 9 nitrogen and oxygen atoms in total. The first kappa shape index (κ1) is 26.1. The van der Waals surface area contributed by atoms with Crippen LogP contribution in [0.15, 0.2) is 36.5 Å². The number of hydrogen-bond donors (Lipinski definition) is 5. The topological polar surface area (TPSA) is 136 Å². The van der Waals surface area contributed by atoms with Crippen LogP contribution in [0.4, 0.5) is 11.8 Å². The van der Waals surface area contributed by atoms with Crippen molar-refractivity contribution in [3.05, 3.63) is 59.0 Å². The largest absolute Gasteiger partial charge is 0.396 e. The van der Waals surface area contributed by atoms with Gasteiger partial charge in [0.05, 0.1) is 39.8 Å². The fourth-order valence-electron chi connectivity index (χ4n) is 5.39. The van der Waals surface area contributed by atoms with Crippen LogP contribution >= 0.6 is 11.3 Å². The highest BCUT2D eigenvalue weighted by Crippen LogP contribution is 2.44. The summed E-state index contributed by atoms with van der Waals surface area (Å²) in [4.78, 5) is 19.3. The Morgan fingerprint density at radius 3 is 2.49 bits per heavy atom. The predicted octanol–water partition coefficient (Wildman–Crippen LogP) is 4.33. The van der Waals surface area contributed by atoms with E-state index in [1.54, 1.807) is 11.3 Å². The minimum absolute atomic E-state index is 0.0315. The molecule has 5 unspecified atom stereocenters. The monoisotopic (exact) mass is 546 g/mol. The number of nitrogens with one attached hydrogen (secondary N) is 2. The van der Waals surface area contributed by atoms with E-state index in [0.717, 1.165) is 50.6 Å². The van der Waals surface area contributed by atoms with Crippen LogP contribution in [0.2, 0.25) is 0 Å². The number of aromatic nitrogens is 4. The molecule has 0 saturated heterocycles. The molecule has 2 fully saturated rings. The van der Waals surface area contributed by atoms with Gasteiger partial charge in [-0.15, -0.1) is 11.3 Å². The van der Waals surface area contributed by atoms with Crippen LogP contribution in [-0.2, 0) is 0 Å². The highest BCUT2D eigenvalue weighted by molar-refractivity contribution is 7.21. The summed E-state index contributed by atoms with van der Waals surface area (Å²) in [6.07, 6.45) is 2.51. The maximum atomic E-state index is 10.8. The zero-order valence-corrected chi connectivity index (χ0v) is 23.1. The van der Waals surface area contributed by atoms with Gasteiger partial charge in [-0.25, -0.2) is 9.97 Å². The van der Waals surface area contributed by atoms with Crippen molar-refractivity contribution in [2.24, 2.45) is 5.92 Å². The molecule has 10 heteroatoms. The van der Waals surface area contributed by atoms with Crippen molar-refractivity contribution in [3.63, 3.8) is 0 Å². The highest BCUT2D eigenvalue weighted by atomic mass is 32.1. The van der Waals surface area contributed by atoms with Crippen molar-refractivity contribution in [2.75, 3.05) is 17.2 Å². The van der Waals surface area contributed by atoms with E-state index < -0.39 is 24.2 Å². The van der Waals surface area contributed by atoms with Crippen LogP contribution in [0, 0.1) is 19.8 Å². The molecular formula is C29H34N6O3S. The number of benzene rings is 1. The predicted molar refractivity (Wildman–Crippen MR) is 153 cm³/mol. The van der Waals surface area contributed by atoms with Crippen molar-refractivity contribution < 1.29 is 15.3 Å². The third-order valence-electron chi connectivity index (χ3n) is 7.88. The van der Waals surface area contributed by atoms with E-state index in [1.165, 1.54) is 5.56 Å². The van der Waals surface area contributed by atoms with Crippen LogP contribution in [0.1, 0.15) is 60.7 Å². The molecule has 4 aromatic rings. The minimum Gasteiger partial charge on any atom is -0.396 e. The maximum Gasteiger partial charge on any atom is 0.225 e. The van der Waals surface area contributed by atoms with Gasteiger partial charge in [0.25, 0.3) is 0 Å². The zero-order chi connectivity index (χ0) is 27.3. The van der Waals surface area contributed by atoms with Crippen molar-refractivity contribution in [1.82, 2.24) is 19.9 Å². The molecule has 0 radical (unpaired) electrons. The minimum atomic E-state index is -1.03. The number of nitrogens with zero attached hydrogens (tertiary/aromatic N) is 4. The van der Waals surface area contributed by atoms with E-state index in [-0.39, 0.29) is 12.6 Å². The number of rotatable bonds is 8. The fourth-order valence-corrected chi connectivity index (χ4v) is 6.46. The van der Waals surface area contributed by atoms with Crippen molar-refractivity contribution in [2.45, 2.75) is 70.2 Å². The Balaban J connectivity index is 1.39. The average Bonchev–Trinajstić information content (AvgIpc) is 3.62. The number of fused-ring (bicyclic) bond motifs is 1. The Labute approximate surface area is 231 Å². The molecule has 0 bridgehead atoms. The smallest absolute Gasteiger partial charge is 0.225 e. The number of aliphatic hydroxyl groups excluding tert-OH is 3. The number of aliphatic hydroxyl groups is 3. The molecule has 1 aromatic carbocycles. The van der Waals surface area contributed by atoms with Crippen molar-refractivity contribution in [3.8, 4) is 10.6 Å². The number of thiazole rings is 1. The molecular weight excluding hydrogens is 512 g/mol. The Morgan fingerprint density at radius 2 is 1.79 bits per heavy atom. The Kier molecular flexibility index (Phi) is 6.96. The summed E-state index contributed by atoms with van der Waals surface area (Å²) < 4.78 is 1.07. The molecule has 3 aromatic heterocycles. The number of anilines is 2. The second-order valence-electron chi connectivity index (χ2n) is 10.9. The Morgan fingerprint density at radius 1 is 1.03 bits per heavy atom. The van der Waals surface area contributed by atoms with Crippen LogP contribution in [0.3, 0.4) is 0 Å². The van der Waals surface area contributed by atoms with Gasteiger partial charge >= 0.3 is 0 Å². The van der Waals surface area contributed by atoms with E-state index in [4.69, 9.17) is 15.0 Å². The Hall–Kier alpha value is -3.18. The summed E-state index contributed by atoms with van der Waals surface area (Å²) in [7, 11) is 0. The van der Waals surface area contributed by atoms with Gasteiger partial charge in [0, 0.05) is 24.6 Å². The molecule has 3 heterocycles. The second kappa shape index (κ2) is 10.4. The number of aryl methyl sites for hydroxylation is 2. The molecule has 2 aliphatic carbocycles. The van der Waals surface area contributed by atoms with Crippen LogP contribution in [0.5, 0.6) is 0 Å². The van der Waals surface area contributed by atoms with Gasteiger partial charge in [-0.05, 0) is 51.7 Å². The lowest BCUT2D eigenvalue weighted by atomic mass is 10.1. The summed E-state index contributed by atoms with van der Waals surface area (Å²) in [5.41, 5.74) is 5.80. The van der Waals surface area contributed by atoms with Crippen molar-refractivity contribution in [1.29, 1.82) is 0 Å². The Bertz CT molecular complexity index is 1490. The summed E-state index contributed by atoms with van der Waals surface area (Å²) in [6.45, 7) is 5.87. The van der Waals surface area contributed by atoms with Gasteiger partial charge in [-0.3, -0.25) is 4.98 Å². The fraction of sp³-hybridized carbons (Fsp3) is 0.448. The summed E-state index contributed by atoms with van der Waals surface area (Å²) in [6, 6.07) is 9.82. The zero-order valence-electron chi connectivity index (χ0n) is 22.3. The van der Waals surface area contributed by atoms with Crippen molar-refractivity contribution >= 4 is 33.3 Å². The summed E-state index contributed by atoms with van der Waals surface area (Å²) >= 11 is 1.58. The van der Waals surface area contributed by atoms with E-state index in [0.29, 0.717) is 24.1 Å². The maximum absolute atomic E-state index is 10.8. The summed E-state index contributed by atoms with van der Waals surface area (Å²) in [5.74, 6) is 1.06. The first-order valence-corrected chi connectivity index (χ1v) is 14.3. The van der Waals surface area contributed by atoms with Gasteiger partial charge in [-0.2, -0.15) is 4.98 Å². The van der Waals surface area contributed by atoms with Gasteiger partial charge in [-0.1, -0.05) is 29.8 Å². The van der Waals surface area contributed by atoms with Gasteiger partial charge < -0.3 is 26.0 Å². The molecule has 2 aliphatic rings. The van der Waals surface area contributed by atoms with E-state index in [1.807, 2.05) is 19.2 Å². The molecule has 2 saturated carbocycles. The van der Waals surface area contributed by atoms with E-state index in [2.05, 4.69) is 53.7 Å². The molecule has 0 spiro atoms. The lowest BCUT2D eigenvalue weighted by Crippen LogP contribution is -2.35. The molecule has 5 atom stereocenters. The van der Waals surface area contributed by atoms with E-state index >= 15 is 0 Å². The van der Waals surface area contributed by atoms with Gasteiger partial charge in [0.1, 0.15) is 22.4 Å². The second-order valence-corrected chi connectivity index (χ2v) is 11.9. The molecule has 6 rings (SSSR count). The number of hydrogen-bond acceptors (Lipinski definition) is 10. The average molecular weight is 547 g/mol. The molecule has 0 amide bonds. The lowest BCUT2D eigenvalue weighted by Gasteiger charge is -2.22. The van der Waals surface area contributed by atoms with E-state index in [9.17, 15) is 15.3 Å². The normalized spacial score (nSPS) is 23.7. The first-order valence-electron chi connectivity index (χ1n) is 13.5. The quantitative estimate of drug-likeness (QED) is 0.219. The van der Waals surface area contributed by atoms with Crippen LogP contribution in [0.25, 0.3) is 20.8 Å². The van der Waals surface area contributed by atoms with Gasteiger partial charge in [0.15, 0.2) is 0 Å². The third-order valence-corrected chi connectivity index (χ3v) is 8.92. The standard InChI is InChI=1S/C29H34N6O3S/c1-14-4-6-17(7-5-14)15(2)31-29-32-16(3)22(27(35-29)33-20-12-19(13-36)25(37)26(20)38)28-34-24-21(39-28)10-11-30-23(24)18-8-9-18/h4-7,10-11,15,18-20,25-26,36-38H,8-9,12-13H2,1-3H3,(H2,31,32,33,35). The molecule has 39 heavy (non-hydrogen) atoms. The number of pyridine rings is 1. The lowest BCUT2D eigenvalue weighted by molar-refractivity contribution is 0.00446. The summed E-state index contributed by atoms with van der Waals surface area (Å²) in [5, 5.41) is 38.5.